The molecule has 100 valence electrons. The third-order valence-electron chi connectivity index (χ3n) is 2.72. The Hall–Kier alpha value is -1.26. The molecule has 0 atom stereocenters. The van der Waals surface area contributed by atoms with Gasteiger partial charge in [-0.1, -0.05) is 31.0 Å². The number of anilines is 1. The summed E-state index contributed by atoms with van der Waals surface area (Å²) in [5.74, 6) is -0.356. The maximum absolute atomic E-state index is 11.1. The summed E-state index contributed by atoms with van der Waals surface area (Å²) in [5.41, 5.74) is 12.6. The van der Waals surface area contributed by atoms with Crippen molar-refractivity contribution < 1.29 is 4.79 Å². The number of carbonyl (C=O) groups excluding carboxylic acids is 1. The van der Waals surface area contributed by atoms with Gasteiger partial charge in [0.25, 0.3) is 0 Å². The van der Waals surface area contributed by atoms with Crippen LogP contribution in [-0.4, -0.2) is 19.0 Å². The number of nitrogens with zero attached hydrogens (tertiary/aromatic N) is 1. The predicted octanol–water partition coefficient (Wildman–Crippen LogP) is 1.89. The molecule has 0 aliphatic carbocycles. The van der Waals surface area contributed by atoms with Gasteiger partial charge in [0.05, 0.1) is 17.3 Å². The van der Waals surface area contributed by atoms with Gasteiger partial charge in [-0.2, -0.15) is 0 Å². The fourth-order valence-corrected chi connectivity index (χ4v) is 2.08. The highest BCUT2D eigenvalue weighted by Crippen LogP contribution is 2.27. The maximum Gasteiger partial charge on any atom is 0.236 e. The molecule has 0 fully saturated rings. The van der Waals surface area contributed by atoms with Crippen molar-refractivity contribution in [1.82, 2.24) is 0 Å². The monoisotopic (exact) mass is 269 g/mol. The predicted molar refractivity (Wildman–Crippen MR) is 75.7 cm³/mol. The summed E-state index contributed by atoms with van der Waals surface area (Å²) >= 11 is 6.22. The second kappa shape index (κ2) is 7.24. The zero-order chi connectivity index (χ0) is 13.5. The number of nitrogens with two attached hydrogens (primary N) is 2. The number of rotatable bonds is 7. The Bertz CT molecular complexity index is 409. The van der Waals surface area contributed by atoms with Crippen LogP contribution in [0.25, 0.3) is 0 Å². The molecule has 1 aromatic carbocycles. The SMILES string of the molecule is CCCCN(CC(N)=O)c1ccc(CN)cc1Cl. The Morgan fingerprint density at radius 3 is 2.67 bits per heavy atom. The second-order valence-corrected chi connectivity index (χ2v) is 4.64. The molecule has 5 heteroatoms. The van der Waals surface area contributed by atoms with Crippen LogP contribution in [0.3, 0.4) is 0 Å². The molecule has 0 spiro atoms. The number of hydrogen-bond acceptors (Lipinski definition) is 3. The zero-order valence-corrected chi connectivity index (χ0v) is 11.4. The number of benzene rings is 1. The number of carbonyl (C=O) groups is 1. The summed E-state index contributed by atoms with van der Waals surface area (Å²) in [4.78, 5) is 13.0. The molecule has 0 bridgehead atoms. The minimum Gasteiger partial charge on any atom is -0.368 e. The minimum absolute atomic E-state index is 0.182. The topological polar surface area (TPSA) is 72.3 Å². The van der Waals surface area contributed by atoms with Crippen LogP contribution in [0.15, 0.2) is 18.2 Å². The third kappa shape index (κ3) is 4.20. The molecule has 0 radical (unpaired) electrons. The molecule has 4 N–H and O–H groups in total. The summed E-state index contributed by atoms with van der Waals surface area (Å²) in [5, 5.41) is 0.607. The summed E-state index contributed by atoms with van der Waals surface area (Å²) in [6.45, 7) is 3.50. The van der Waals surface area contributed by atoms with E-state index in [1.165, 1.54) is 0 Å². The summed E-state index contributed by atoms with van der Waals surface area (Å²) in [6, 6.07) is 5.64. The van der Waals surface area contributed by atoms with E-state index in [4.69, 9.17) is 23.1 Å². The quantitative estimate of drug-likeness (QED) is 0.794. The van der Waals surface area contributed by atoms with Crippen molar-refractivity contribution in [2.45, 2.75) is 26.3 Å². The van der Waals surface area contributed by atoms with Gasteiger partial charge in [0.2, 0.25) is 5.91 Å². The molecule has 1 aromatic rings. The molecule has 0 heterocycles. The highest BCUT2D eigenvalue weighted by molar-refractivity contribution is 6.33. The van der Waals surface area contributed by atoms with Gasteiger partial charge in [-0.3, -0.25) is 4.79 Å². The Balaban J connectivity index is 2.92. The van der Waals surface area contributed by atoms with Crippen molar-refractivity contribution in [2.75, 3.05) is 18.0 Å². The zero-order valence-electron chi connectivity index (χ0n) is 10.7. The average Bonchev–Trinajstić information content (AvgIpc) is 2.34. The van der Waals surface area contributed by atoms with E-state index in [1.54, 1.807) is 0 Å². The van der Waals surface area contributed by atoms with Gasteiger partial charge in [0, 0.05) is 13.1 Å². The van der Waals surface area contributed by atoms with Crippen molar-refractivity contribution in [3.8, 4) is 0 Å². The maximum atomic E-state index is 11.1. The average molecular weight is 270 g/mol. The van der Waals surface area contributed by atoms with Gasteiger partial charge in [-0.25, -0.2) is 0 Å². The Morgan fingerprint density at radius 2 is 2.17 bits per heavy atom. The summed E-state index contributed by atoms with van der Waals surface area (Å²) in [7, 11) is 0. The van der Waals surface area contributed by atoms with Crippen molar-refractivity contribution >= 4 is 23.2 Å². The molecular formula is C13H20ClN3O. The molecule has 0 saturated carbocycles. The number of halogens is 1. The van der Waals surface area contributed by atoms with Gasteiger partial charge >= 0.3 is 0 Å². The van der Waals surface area contributed by atoms with Crippen LogP contribution >= 0.6 is 11.6 Å². The lowest BCUT2D eigenvalue weighted by molar-refractivity contribution is -0.116. The van der Waals surface area contributed by atoms with Crippen LogP contribution in [0.2, 0.25) is 5.02 Å². The molecule has 18 heavy (non-hydrogen) atoms. The van der Waals surface area contributed by atoms with Crippen LogP contribution in [0, 0.1) is 0 Å². The molecule has 1 rings (SSSR count). The number of amides is 1. The van der Waals surface area contributed by atoms with E-state index < -0.39 is 0 Å². The first-order chi connectivity index (χ1) is 8.58. The first kappa shape index (κ1) is 14.8. The van der Waals surface area contributed by atoms with Crippen molar-refractivity contribution in [3.63, 3.8) is 0 Å². The van der Waals surface area contributed by atoms with Gasteiger partial charge in [0.15, 0.2) is 0 Å². The van der Waals surface area contributed by atoms with E-state index in [2.05, 4.69) is 6.92 Å². The standard InChI is InChI=1S/C13H20ClN3O/c1-2-3-6-17(9-13(16)18)12-5-4-10(8-15)7-11(12)14/h4-5,7H,2-3,6,8-9,15H2,1H3,(H2,16,18). The van der Waals surface area contributed by atoms with Gasteiger partial charge in [-0.15, -0.1) is 0 Å². The van der Waals surface area contributed by atoms with Crippen LogP contribution in [0.1, 0.15) is 25.3 Å². The summed E-state index contributed by atoms with van der Waals surface area (Å²) in [6.07, 6.45) is 2.04. The van der Waals surface area contributed by atoms with Crippen molar-refractivity contribution in [3.05, 3.63) is 28.8 Å². The van der Waals surface area contributed by atoms with E-state index in [0.717, 1.165) is 30.6 Å². The lowest BCUT2D eigenvalue weighted by Crippen LogP contribution is -2.34. The molecular weight excluding hydrogens is 250 g/mol. The highest BCUT2D eigenvalue weighted by Gasteiger charge is 2.12. The van der Waals surface area contributed by atoms with E-state index in [-0.39, 0.29) is 12.5 Å². The fraction of sp³-hybridized carbons (Fsp3) is 0.462. The van der Waals surface area contributed by atoms with Crippen molar-refractivity contribution in [2.24, 2.45) is 11.5 Å². The van der Waals surface area contributed by atoms with E-state index in [0.29, 0.717) is 11.6 Å². The van der Waals surface area contributed by atoms with Crippen molar-refractivity contribution in [1.29, 1.82) is 0 Å². The number of unbranched alkanes of at least 4 members (excludes halogenated alkanes) is 1. The highest BCUT2D eigenvalue weighted by atomic mass is 35.5. The molecule has 0 saturated heterocycles. The smallest absolute Gasteiger partial charge is 0.236 e. The fourth-order valence-electron chi connectivity index (χ4n) is 1.76. The molecule has 0 aliphatic heterocycles. The van der Waals surface area contributed by atoms with Crippen LogP contribution < -0.4 is 16.4 Å². The molecule has 0 aliphatic rings. The molecule has 0 unspecified atom stereocenters. The lowest BCUT2D eigenvalue weighted by Gasteiger charge is -2.24. The minimum atomic E-state index is -0.356. The number of primary amides is 1. The normalized spacial score (nSPS) is 10.4. The van der Waals surface area contributed by atoms with Gasteiger partial charge in [-0.05, 0) is 24.1 Å². The lowest BCUT2D eigenvalue weighted by atomic mass is 10.2. The van der Waals surface area contributed by atoms with E-state index >= 15 is 0 Å². The van der Waals surface area contributed by atoms with Gasteiger partial charge in [0.1, 0.15) is 0 Å². The first-order valence-electron chi connectivity index (χ1n) is 6.10. The Labute approximate surface area is 113 Å². The Kier molecular flexibility index (Phi) is 5.95. The largest absolute Gasteiger partial charge is 0.368 e. The number of hydrogen-bond donors (Lipinski definition) is 2. The second-order valence-electron chi connectivity index (χ2n) is 4.23. The van der Waals surface area contributed by atoms with Crippen LogP contribution in [0.4, 0.5) is 5.69 Å². The third-order valence-corrected chi connectivity index (χ3v) is 3.02. The molecule has 4 nitrogen and oxygen atoms in total. The van der Waals surface area contributed by atoms with Crippen LogP contribution in [0.5, 0.6) is 0 Å². The summed E-state index contributed by atoms with van der Waals surface area (Å²) < 4.78 is 0. The Morgan fingerprint density at radius 1 is 1.44 bits per heavy atom. The first-order valence-corrected chi connectivity index (χ1v) is 6.48. The molecule has 0 aromatic heterocycles. The van der Waals surface area contributed by atoms with E-state index in [1.807, 2.05) is 23.1 Å². The van der Waals surface area contributed by atoms with E-state index in [9.17, 15) is 4.79 Å². The molecule has 1 amide bonds. The van der Waals surface area contributed by atoms with Crippen LogP contribution in [-0.2, 0) is 11.3 Å². The van der Waals surface area contributed by atoms with Gasteiger partial charge < -0.3 is 16.4 Å².